The number of carboxylic acids is 1. The van der Waals surface area contributed by atoms with E-state index < -0.39 is 11.4 Å². The predicted molar refractivity (Wildman–Crippen MR) is 234 cm³/mol. The largest absolute Gasteiger partial charge is 0.497 e. The highest BCUT2D eigenvalue weighted by molar-refractivity contribution is 5.84. The van der Waals surface area contributed by atoms with Gasteiger partial charge in [-0.3, -0.25) is 14.4 Å². The van der Waals surface area contributed by atoms with Crippen LogP contribution in [0.2, 0.25) is 0 Å². The van der Waals surface area contributed by atoms with Crippen LogP contribution < -0.4 is 4.74 Å². The number of esters is 1. The average Bonchev–Trinajstić information content (AvgIpc) is 3.95. The SMILES string of the molecule is COc1ccc(-c2cnc(C3CCCN3C(=O)[C@]34CC[C@@H](C(C)C)[C@@H]3[C@H]3CC[C@@H]5[C@@]6(C)CC[C@H](OC(=O)CC(C)(C)CC(=O)O)C(C)(C)[C@@H]6CC[C@@]5(C)[C@]3(C)CC4)[nH]2)cc1. The van der Waals surface area contributed by atoms with Crippen LogP contribution in [0.3, 0.4) is 0 Å². The van der Waals surface area contributed by atoms with Crippen molar-refractivity contribution in [2.45, 2.75) is 164 Å². The minimum absolute atomic E-state index is 0.0246. The maximum atomic E-state index is 15.6. The zero-order valence-corrected chi connectivity index (χ0v) is 38.5. The molecule has 8 rings (SSSR count). The number of H-pyrrole nitrogens is 1. The van der Waals surface area contributed by atoms with Crippen LogP contribution in [0.1, 0.15) is 164 Å². The number of nitrogens with one attached hydrogen (secondary N) is 1. The maximum absolute atomic E-state index is 15.6. The van der Waals surface area contributed by atoms with Crippen LogP contribution in [0, 0.1) is 68.0 Å². The van der Waals surface area contributed by atoms with E-state index in [1.54, 1.807) is 7.11 Å². The highest BCUT2D eigenvalue weighted by atomic mass is 16.5. The number of hydrogen-bond acceptors (Lipinski definition) is 6. The summed E-state index contributed by atoms with van der Waals surface area (Å²) in [6, 6.07) is 8.04. The smallest absolute Gasteiger partial charge is 0.306 e. The molecule has 330 valence electrons. The number of aromatic nitrogens is 2. The van der Waals surface area contributed by atoms with Gasteiger partial charge in [-0.25, -0.2) is 4.98 Å². The summed E-state index contributed by atoms with van der Waals surface area (Å²) in [7, 11) is 1.68. The van der Waals surface area contributed by atoms with Gasteiger partial charge in [-0.05, 0) is 164 Å². The lowest BCUT2D eigenvalue weighted by Crippen LogP contribution is -2.67. The lowest BCUT2D eigenvalue weighted by Gasteiger charge is -2.73. The Labute approximate surface area is 359 Å². The molecule has 1 aromatic carbocycles. The summed E-state index contributed by atoms with van der Waals surface area (Å²) in [6.07, 6.45) is 14.6. The number of carbonyl (C=O) groups is 3. The zero-order chi connectivity index (χ0) is 43.2. The fourth-order valence-corrected chi connectivity index (χ4v) is 16.0. The fourth-order valence-electron chi connectivity index (χ4n) is 16.0. The predicted octanol–water partition coefficient (Wildman–Crippen LogP) is 11.3. The molecule has 9 nitrogen and oxygen atoms in total. The lowest BCUT2D eigenvalue weighted by atomic mass is 9.32. The van der Waals surface area contributed by atoms with Gasteiger partial charge in [-0.2, -0.15) is 0 Å². The molecule has 5 saturated carbocycles. The maximum Gasteiger partial charge on any atom is 0.306 e. The Hall–Kier alpha value is -3.36. The van der Waals surface area contributed by atoms with Crippen molar-refractivity contribution in [1.29, 1.82) is 0 Å². The van der Waals surface area contributed by atoms with E-state index in [-0.39, 0.29) is 58.0 Å². The fraction of sp³-hybridized carbons (Fsp3) is 0.765. The average molecular weight is 826 g/mol. The van der Waals surface area contributed by atoms with Crippen molar-refractivity contribution in [1.82, 2.24) is 14.9 Å². The summed E-state index contributed by atoms with van der Waals surface area (Å²) in [6.45, 7) is 21.9. The highest BCUT2D eigenvalue weighted by Crippen LogP contribution is 2.78. The Morgan fingerprint density at radius 3 is 2.30 bits per heavy atom. The molecule has 11 atom stereocenters. The first-order valence-electron chi connectivity index (χ1n) is 23.6. The molecule has 2 aromatic rings. The van der Waals surface area contributed by atoms with Gasteiger partial charge in [0.1, 0.15) is 17.7 Å². The molecule has 0 spiro atoms. The number of nitrogens with zero attached hydrogens (tertiary/aromatic N) is 2. The molecule has 6 aliphatic rings. The Morgan fingerprint density at radius 1 is 0.883 bits per heavy atom. The van der Waals surface area contributed by atoms with Crippen LogP contribution in [-0.2, 0) is 19.1 Å². The van der Waals surface area contributed by atoms with Crippen LogP contribution in [0.4, 0.5) is 0 Å². The molecule has 2 heterocycles. The van der Waals surface area contributed by atoms with Gasteiger partial charge in [-0.1, -0.05) is 62.3 Å². The highest BCUT2D eigenvalue weighted by Gasteiger charge is 2.72. The first-order valence-corrected chi connectivity index (χ1v) is 23.6. The van der Waals surface area contributed by atoms with Gasteiger partial charge in [0.05, 0.1) is 43.3 Å². The Morgan fingerprint density at radius 2 is 1.62 bits per heavy atom. The molecule has 1 unspecified atom stereocenters. The summed E-state index contributed by atoms with van der Waals surface area (Å²) < 4.78 is 11.7. The van der Waals surface area contributed by atoms with Crippen LogP contribution in [0.15, 0.2) is 30.5 Å². The number of hydrogen-bond donors (Lipinski definition) is 2. The van der Waals surface area contributed by atoms with Crippen LogP contribution in [0.25, 0.3) is 11.3 Å². The van der Waals surface area contributed by atoms with E-state index in [1.165, 1.54) is 19.3 Å². The van der Waals surface area contributed by atoms with Crippen LogP contribution in [-0.4, -0.2) is 57.6 Å². The van der Waals surface area contributed by atoms with E-state index in [1.807, 2.05) is 32.2 Å². The minimum atomic E-state index is -0.886. The van der Waals surface area contributed by atoms with Crippen molar-refractivity contribution in [3.63, 3.8) is 0 Å². The van der Waals surface area contributed by atoms with Crippen LogP contribution >= 0.6 is 0 Å². The number of carbonyl (C=O) groups excluding carboxylic acids is 2. The van der Waals surface area contributed by atoms with Gasteiger partial charge >= 0.3 is 11.9 Å². The molecular formula is C51H75N3O6. The quantitative estimate of drug-likeness (QED) is 0.229. The number of likely N-dealkylation sites (tertiary alicyclic amines) is 1. The summed E-state index contributed by atoms with van der Waals surface area (Å²) in [5, 5.41) is 9.41. The third-order valence-electron chi connectivity index (χ3n) is 19.1. The van der Waals surface area contributed by atoms with E-state index in [4.69, 9.17) is 14.5 Å². The van der Waals surface area contributed by atoms with Crippen molar-refractivity contribution in [2.75, 3.05) is 13.7 Å². The zero-order valence-electron chi connectivity index (χ0n) is 38.5. The third kappa shape index (κ3) is 6.75. The number of ether oxygens (including phenoxy) is 2. The van der Waals surface area contributed by atoms with Crippen molar-refractivity contribution >= 4 is 17.8 Å². The van der Waals surface area contributed by atoms with Gasteiger partial charge in [0.2, 0.25) is 5.91 Å². The number of aromatic amines is 1. The molecule has 6 fully saturated rings. The normalized spacial score (nSPS) is 38.4. The molecule has 0 bridgehead atoms. The second-order valence-electron chi connectivity index (χ2n) is 23.1. The van der Waals surface area contributed by atoms with Gasteiger partial charge in [-0.15, -0.1) is 0 Å². The molecule has 0 radical (unpaired) electrons. The number of aliphatic carboxylic acids is 1. The van der Waals surface area contributed by atoms with E-state index in [2.05, 4.69) is 70.5 Å². The monoisotopic (exact) mass is 826 g/mol. The molecule has 60 heavy (non-hydrogen) atoms. The Bertz CT molecular complexity index is 1950. The van der Waals surface area contributed by atoms with Gasteiger partial charge in [0.15, 0.2) is 0 Å². The van der Waals surface area contributed by atoms with Gasteiger partial charge in [0, 0.05) is 12.0 Å². The standard InChI is InChI=1S/C51H75N3O6/c1-31(2)34-19-24-51(45(58)54-27-11-12-37(54)44-52-30-36(53-44)32-13-15-33(59-10)16-14-32)26-25-49(8)35(43(34)51)17-18-39-48(7)22-21-40(47(5,6)38(48)20-23-50(39,49)9)60-42(57)29-46(3,4)28-41(55)56/h13-16,30-31,34-35,37-40,43H,11-12,17-29H2,1-10H3,(H,52,53)(H,55,56)/t34-,35+,37?,38-,39+,40-,43+,48-,49+,50+,51-/m0/s1. The van der Waals surface area contributed by atoms with Gasteiger partial charge in [0.25, 0.3) is 0 Å². The van der Waals surface area contributed by atoms with Crippen molar-refractivity contribution < 1.29 is 29.0 Å². The molecule has 5 aliphatic carbocycles. The number of imidazole rings is 1. The summed E-state index contributed by atoms with van der Waals surface area (Å²) in [5.41, 5.74) is 1.31. The minimum Gasteiger partial charge on any atom is -0.497 e. The first kappa shape index (κ1) is 43.3. The third-order valence-corrected chi connectivity index (χ3v) is 19.1. The van der Waals surface area contributed by atoms with Crippen molar-refractivity contribution in [3.05, 3.63) is 36.3 Å². The Kier molecular flexibility index (Phi) is 10.9. The van der Waals surface area contributed by atoms with Crippen LogP contribution in [0.5, 0.6) is 5.75 Å². The second-order valence-corrected chi connectivity index (χ2v) is 23.1. The molecule has 2 N–H and O–H groups in total. The van der Waals surface area contributed by atoms with Crippen molar-refractivity contribution in [2.24, 2.45) is 68.0 Å². The molecule has 1 amide bonds. The molecule has 9 heteroatoms. The number of benzene rings is 1. The number of carboxylic acid groups (broad SMARTS) is 1. The first-order chi connectivity index (χ1) is 28.2. The number of methoxy groups -OCH3 is 1. The number of fused-ring (bicyclic) bond motifs is 7. The Balaban J connectivity index is 1.04. The van der Waals surface area contributed by atoms with E-state index in [0.717, 1.165) is 87.2 Å². The lowest BCUT2D eigenvalue weighted by molar-refractivity contribution is -0.251. The van der Waals surface area contributed by atoms with E-state index in [0.29, 0.717) is 41.4 Å². The summed E-state index contributed by atoms with van der Waals surface area (Å²) in [4.78, 5) is 51.2. The van der Waals surface area contributed by atoms with E-state index >= 15 is 4.79 Å². The summed E-state index contributed by atoms with van der Waals surface area (Å²) in [5.74, 6) is 3.96. The van der Waals surface area contributed by atoms with E-state index in [9.17, 15) is 14.7 Å². The van der Waals surface area contributed by atoms with Crippen molar-refractivity contribution in [3.8, 4) is 17.0 Å². The molecule has 1 saturated heterocycles. The number of rotatable bonds is 10. The van der Waals surface area contributed by atoms with Gasteiger partial charge < -0.3 is 24.5 Å². The second kappa shape index (κ2) is 15.2. The molecular weight excluding hydrogens is 751 g/mol. The number of amides is 1. The topological polar surface area (TPSA) is 122 Å². The molecule has 1 aliphatic heterocycles. The summed E-state index contributed by atoms with van der Waals surface area (Å²) >= 11 is 0. The molecule has 1 aromatic heterocycles.